The zero-order chi connectivity index (χ0) is 15.5. The number of rotatable bonds is 2. The predicted molar refractivity (Wildman–Crippen MR) is 74.9 cm³/mol. The molecule has 0 radical (unpaired) electrons. The third kappa shape index (κ3) is 4.37. The number of amides is 2. The SMILES string of the molecule is CON(C)C(=O)C1CCN(C(=O)OC(C)(C)C)CC1C. The summed E-state index contributed by atoms with van der Waals surface area (Å²) in [4.78, 5) is 30.7. The van der Waals surface area contributed by atoms with E-state index in [1.54, 1.807) is 11.9 Å². The smallest absolute Gasteiger partial charge is 0.410 e. The van der Waals surface area contributed by atoms with Crippen molar-refractivity contribution in [1.29, 1.82) is 0 Å². The lowest BCUT2D eigenvalue weighted by Crippen LogP contribution is -2.48. The Bertz CT molecular complexity index is 365. The van der Waals surface area contributed by atoms with Crippen molar-refractivity contribution >= 4 is 12.0 Å². The highest BCUT2D eigenvalue weighted by Gasteiger charge is 2.36. The summed E-state index contributed by atoms with van der Waals surface area (Å²) in [5.74, 6) is -0.0659. The number of hydrogen-bond acceptors (Lipinski definition) is 4. The standard InChI is InChI=1S/C14H26N2O4/c1-10-9-16(13(18)20-14(2,3)4)8-7-11(10)12(17)15(5)19-6/h10-11H,7-9H2,1-6H3. The molecule has 6 nitrogen and oxygen atoms in total. The molecule has 0 aromatic heterocycles. The molecule has 0 N–H and O–H groups in total. The van der Waals surface area contributed by atoms with Gasteiger partial charge in [-0.25, -0.2) is 9.86 Å². The Morgan fingerprint density at radius 2 is 1.90 bits per heavy atom. The van der Waals surface area contributed by atoms with Crippen LogP contribution in [0.5, 0.6) is 0 Å². The van der Waals surface area contributed by atoms with Crippen molar-refractivity contribution in [3.8, 4) is 0 Å². The summed E-state index contributed by atoms with van der Waals surface area (Å²) in [6, 6.07) is 0. The highest BCUT2D eigenvalue weighted by Crippen LogP contribution is 2.26. The Hall–Kier alpha value is -1.30. The molecule has 1 heterocycles. The van der Waals surface area contributed by atoms with Gasteiger partial charge >= 0.3 is 6.09 Å². The molecule has 0 aliphatic carbocycles. The van der Waals surface area contributed by atoms with Gasteiger partial charge in [-0.3, -0.25) is 9.63 Å². The first-order valence-electron chi connectivity index (χ1n) is 6.95. The summed E-state index contributed by atoms with van der Waals surface area (Å²) >= 11 is 0. The van der Waals surface area contributed by atoms with Crippen molar-refractivity contribution in [3.63, 3.8) is 0 Å². The lowest BCUT2D eigenvalue weighted by Gasteiger charge is -2.37. The Labute approximate surface area is 121 Å². The van der Waals surface area contributed by atoms with E-state index in [0.29, 0.717) is 19.5 Å². The van der Waals surface area contributed by atoms with Crippen LogP contribution in [0, 0.1) is 11.8 Å². The second-order valence-corrected chi connectivity index (χ2v) is 6.32. The third-order valence-electron chi connectivity index (χ3n) is 3.46. The molecule has 20 heavy (non-hydrogen) atoms. The van der Waals surface area contributed by atoms with Gasteiger partial charge in [0.1, 0.15) is 5.60 Å². The van der Waals surface area contributed by atoms with Crippen LogP contribution in [0.4, 0.5) is 4.79 Å². The minimum Gasteiger partial charge on any atom is -0.444 e. The van der Waals surface area contributed by atoms with Crippen LogP contribution in [0.1, 0.15) is 34.1 Å². The molecule has 2 amide bonds. The molecule has 1 fully saturated rings. The van der Waals surface area contributed by atoms with E-state index in [-0.39, 0.29) is 23.8 Å². The van der Waals surface area contributed by atoms with Gasteiger partial charge in [0.05, 0.1) is 7.11 Å². The maximum atomic E-state index is 12.1. The van der Waals surface area contributed by atoms with Crippen LogP contribution < -0.4 is 0 Å². The van der Waals surface area contributed by atoms with Crippen molar-refractivity contribution in [2.75, 3.05) is 27.2 Å². The van der Waals surface area contributed by atoms with E-state index in [4.69, 9.17) is 9.57 Å². The van der Waals surface area contributed by atoms with Gasteiger partial charge < -0.3 is 9.64 Å². The molecule has 1 aliphatic rings. The van der Waals surface area contributed by atoms with Gasteiger partial charge in [-0.05, 0) is 33.1 Å². The monoisotopic (exact) mass is 286 g/mol. The molecule has 0 saturated carbocycles. The number of piperidine rings is 1. The molecular formula is C14H26N2O4. The van der Waals surface area contributed by atoms with Gasteiger partial charge in [-0.2, -0.15) is 0 Å². The van der Waals surface area contributed by atoms with E-state index in [1.807, 2.05) is 27.7 Å². The second-order valence-electron chi connectivity index (χ2n) is 6.32. The zero-order valence-electron chi connectivity index (χ0n) is 13.3. The number of carbonyl (C=O) groups excluding carboxylic acids is 2. The lowest BCUT2D eigenvalue weighted by atomic mass is 9.86. The molecule has 0 bridgehead atoms. The molecule has 0 aromatic rings. The fourth-order valence-electron chi connectivity index (χ4n) is 2.33. The minimum absolute atomic E-state index is 0.0381. The van der Waals surface area contributed by atoms with Crippen molar-refractivity contribution in [3.05, 3.63) is 0 Å². The van der Waals surface area contributed by atoms with Crippen LogP contribution in [0.15, 0.2) is 0 Å². The summed E-state index contributed by atoms with van der Waals surface area (Å²) in [5.41, 5.74) is -0.497. The van der Waals surface area contributed by atoms with Gasteiger partial charge in [-0.15, -0.1) is 0 Å². The van der Waals surface area contributed by atoms with Crippen LogP contribution in [0.25, 0.3) is 0 Å². The molecule has 116 valence electrons. The van der Waals surface area contributed by atoms with Crippen LogP contribution in [-0.4, -0.2) is 54.8 Å². The van der Waals surface area contributed by atoms with E-state index in [2.05, 4.69) is 0 Å². The summed E-state index contributed by atoms with van der Waals surface area (Å²) < 4.78 is 5.36. The molecule has 0 spiro atoms. The molecule has 2 atom stereocenters. The number of ether oxygens (including phenoxy) is 1. The van der Waals surface area contributed by atoms with Crippen LogP contribution in [0.2, 0.25) is 0 Å². The van der Waals surface area contributed by atoms with Crippen LogP contribution in [-0.2, 0) is 14.4 Å². The molecule has 0 aromatic carbocycles. The first kappa shape index (κ1) is 16.8. The number of carbonyl (C=O) groups is 2. The average molecular weight is 286 g/mol. The number of nitrogens with zero attached hydrogens (tertiary/aromatic N) is 2. The quantitative estimate of drug-likeness (QED) is 0.727. The molecule has 1 saturated heterocycles. The molecule has 6 heteroatoms. The van der Waals surface area contributed by atoms with E-state index < -0.39 is 5.60 Å². The topological polar surface area (TPSA) is 59.1 Å². The molecule has 1 aliphatic heterocycles. The van der Waals surface area contributed by atoms with Gasteiger partial charge in [0, 0.05) is 26.1 Å². The Morgan fingerprint density at radius 1 is 1.30 bits per heavy atom. The zero-order valence-corrected chi connectivity index (χ0v) is 13.3. The summed E-state index contributed by atoms with van der Waals surface area (Å²) in [7, 11) is 3.08. The van der Waals surface area contributed by atoms with Crippen molar-refractivity contribution < 1.29 is 19.2 Å². The maximum absolute atomic E-state index is 12.1. The van der Waals surface area contributed by atoms with Gasteiger partial charge in [-0.1, -0.05) is 6.92 Å². The van der Waals surface area contributed by atoms with Gasteiger partial charge in [0.15, 0.2) is 0 Å². The molecule has 1 rings (SSSR count). The van der Waals surface area contributed by atoms with E-state index >= 15 is 0 Å². The number of likely N-dealkylation sites (tertiary alicyclic amines) is 1. The van der Waals surface area contributed by atoms with Gasteiger partial charge in [0.2, 0.25) is 5.91 Å². The van der Waals surface area contributed by atoms with Crippen molar-refractivity contribution in [2.24, 2.45) is 11.8 Å². The lowest BCUT2D eigenvalue weighted by molar-refractivity contribution is -0.176. The third-order valence-corrected chi connectivity index (χ3v) is 3.46. The fraction of sp³-hybridized carbons (Fsp3) is 0.857. The minimum atomic E-state index is -0.497. The highest BCUT2D eigenvalue weighted by atomic mass is 16.7. The van der Waals surface area contributed by atoms with Crippen molar-refractivity contribution in [2.45, 2.75) is 39.7 Å². The Morgan fingerprint density at radius 3 is 2.35 bits per heavy atom. The predicted octanol–water partition coefficient (Wildman–Crippen LogP) is 1.90. The molecular weight excluding hydrogens is 260 g/mol. The second kappa shape index (κ2) is 6.43. The van der Waals surface area contributed by atoms with Crippen molar-refractivity contribution in [1.82, 2.24) is 9.96 Å². The van der Waals surface area contributed by atoms with Crippen LogP contribution >= 0.6 is 0 Å². The van der Waals surface area contributed by atoms with E-state index in [0.717, 1.165) is 0 Å². The Balaban J connectivity index is 2.59. The first-order chi connectivity index (χ1) is 9.15. The highest BCUT2D eigenvalue weighted by molar-refractivity contribution is 5.78. The van der Waals surface area contributed by atoms with Crippen LogP contribution in [0.3, 0.4) is 0 Å². The average Bonchev–Trinajstić information content (AvgIpc) is 2.34. The Kier molecular flexibility index (Phi) is 5.39. The summed E-state index contributed by atoms with van der Waals surface area (Å²) in [6.07, 6.45) is 0.322. The van der Waals surface area contributed by atoms with Gasteiger partial charge in [0.25, 0.3) is 0 Å². The molecule has 2 unspecified atom stereocenters. The normalized spacial score (nSPS) is 23.4. The number of hydrogen-bond donors (Lipinski definition) is 0. The maximum Gasteiger partial charge on any atom is 0.410 e. The van der Waals surface area contributed by atoms with E-state index in [9.17, 15) is 9.59 Å². The first-order valence-corrected chi connectivity index (χ1v) is 6.95. The number of hydroxylamine groups is 2. The largest absolute Gasteiger partial charge is 0.444 e. The summed E-state index contributed by atoms with van der Waals surface area (Å²) in [6.45, 7) is 8.58. The van der Waals surface area contributed by atoms with E-state index in [1.165, 1.54) is 12.2 Å². The summed E-state index contributed by atoms with van der Waals surface area (Å²) in [5, 5.41) is 1.25. The fourth-order valence-corrected chi connectivity index (χ4v) is 2.33.